The van der Waals surface area contributed by atoms with Gasteiger partial charge in [-0.25, -0.2) is 10.2 Å². The molecule has 3 aromatic rings. The van der Waals surface area contributed by atoms with Gasteiger partial charge in [-0.2, -0.15) is 5.10 Å². The number of methoxy groups -OCH3 is 1. The number of rotatable bonds is 12. The first-order valence-electron chi connectivity index (χ1n) is 11.3. The number of amides is 1. The van der Waals surface area contributed by atoms with Crippen molar-refractivity contribution in [1.29, 1.82) is 0 Å². The van der Waals surface area contributed by atoms with Crippen molar-refractivity contribution >= 4 is 18.1 Å². The highest BCUT2D eigenvalue weighted by Crippen LogP contribution is 2.29. The third-order valence-electron chi connectivity index (χ3n) is 4.89. The Kier molecular flexibility index (Phi) is 9.64. The molecule has 1 N–H and O–H groups in total. The van der Waals surface area contributed by atoms with Crippen LogP contribution in [-0.4, -0.2) is 38.4 Å². The van der Waals surface area contributed by atoms with Crippen LogP contribution in [0.2, 0.25) is 0 Å². The number of ether oxygens (including phenoxy) is 4. The zero-order chi connectivity index (χ0) is 25.8. The van der Waals surface area contributed by atoms with Gasteiger partial charge in [0.25, 0.3) is 5.91 Å². The molecule has 0 unspecified atom stereocenters. The minimum atomic E-state index is -0.526. The van der Waals surface area contributed by atoms with Gasteiger partial charge in [-0.15, -0.1) is 6.58 Å². The molecule has 36 heavy (non-hydrogen) atoms. The molecule has 0 radical (unpaired) electrons. The maximum atomic E-state index is 12.5. The van der Waals surface area contributed by atoms with Crippen molar-refractivity contribution in [2.75, 3.05) is 20.3 Å². The highest BCUT2D eigenvalue weighted by molar-refractivity contribution is 5.92. The van der Waals surface area contributed by atoms with Crippen LogP contribution in [0.25, 0.3) is 0 Å². The minimum Gasteiger partial charge on any atom is -0.497 e. The highest BCUT2D eigenvalue weighted by Gasteiger charge is 2.13. The quantitative estimate of drug-likeness (QED) is 0.132. The Balaban J connectivity index is 1.59. The summed E-state index contributed by atoms with van der Waals surface area (Å²) in [7, 11) is 1.55. The van der Waals surface area contributed by atoms with E-state index in [1.165, 1.54) is 6.21 Å². The second kappa shape index (κ2) is 13.3. The second-order valence-electron chi connectivity index (χ2n) is 7.44. The van der Waals surface area contributed by atoms with E-state index >= 15 is 0 Å². The number of nitrogens with zero attached hydrogens (tertiary/aromatic N) is 1. The van der Waals surface area contributed by atoms with Gasteiger partial charge in [-0.05, 0) is 73.0 Å². The number of allylic oxidation sites excluding steroid dienone is 1. The number of carbonyl (C=O) groups is 2. The molecule has 0 bridgehead atoms. The molecule has 186 valence electrons. The summed E-state index contributed by atoms with van der Waals surface area (Å²) in [5.74, 6) is 0.970. The molecule has 0 fully saturated rings. The Labute approximate surface area is 210 Å². The zero-order valence-corrected chi connectivity index (χ0v) is 20.2. The van der Waals surface area contributed by atoms with E-state index in [2.05, 4.69) is 17.1 Å². The van der Waals surface area contributed by atoms with E-state index < -0.39 is 11.9 Å². The largest absolute Gasteiger partial charge is 0.497 e. The van der Waals surface area contributed by atoms with Gasteiger partial charge in [0.1, 0.15) is 11.5 Å². The number of carbonyl (C=O) groups excluding carboxylic acids is 2. The lowest BCUT2D eigenvalue weighted by Gasteiger charge is -2.11. The van der Waals surface area contributed by atoms with E-state index in [1.807, 2.05) is 25.1 Å². The molecular weight excluding hydrogens is 460 g/mol. The first-order chi connectivity index (χ1) is 17.5. The molecule has 0 aliphatic heterocycles. The van der Waals surface area contributed by atoms with E-state index in [4.69, 9.17) is 18.9 Å². The summed E-state index contributed by atoms with van der Waals surface area (Å²) in [4.78, 5) is 24.7. The van der Waals surface area contributed by atoms with Crippen molar-refractivity contribution in [2.24, 2.45) is 5.10 Å². The van der Waals surface area contributed by atoms with Crippen molar-refractivity contribution in [1.82, 2.24) is 5.43 Å². The zero-order valence-electron chi connectivity index (χ0n) is 20.2. The lowest BCUT2D eigenvalue weighted by molar-refractivity contribution is -0.123. The van der Waals surface area contributed by atoms with Gasteiger partial charge in [0.15, 0.2) is 18.1 Å². The second-order valence-corrected chi connectivity index (χ2v) is 7.44. The fraction of sp³-hybridized carbons (Fsp3) is 0.179. The molecule has 0 saturated carbocycles. The molecule has 0 saturated heterocycles. The molecule has 0 heterocycles. The van der Waals surface area contributed by atoms with E-state index in [0.717, 1.165) is 5.56 Å². The Morgan fingerprint density at radius 2 is 1.75 bits per heavy atom. The Morgan fingerprint density at radius 3 is 2.47 bits per heavy atom. The van der Waals surface area contributed by atoms with Gasteiger partial charge in [-0.3, -0.25) is 4.79 Å². The topological polar surface area (TPSA) is 95.5 Å². The van der Waals surface area contributed by atoms with Crippen LogP contribution >= 0.6 is 0 Å². The van der Waals surface area contributed by atoms with Gasteiger partial charge in [0, 0.05) is 0 Å². The van der Waals surface area contributed by atoms with Gasteiger partial charge in [-0.1, -0.05) is 24.3 Å². The van der Waals surface area contributed by atoms with Gasteiger partial charge < -0.3 is 18.9 Å². The van der Waals surface area contributed by atoms with E-state index in [9.17, 15) is 9.59 Å². The fourth-order valence-electron chi connectivity index (χ4n) is 3.17. The van der Waals surface area contributed by atoms with Crippen molar-refractivity contribution in [3.8, 4) is 23.0 Å². The predicted molar refractivity (Wildman–Crippen MR) is 137 cm³/mol. The van der Waals surface area contributed by atoms with E-state index in [-0.39, 0.29) is 12.4 Å². The summed E-state index contributed by atoms with van der Waals surface area (Å²) >= 11 is 0. The van der Waals surface area contributed by atoms with Crippen LogP contribution in [0, 0.1) is 0 Å². The maximum absolute atomic E-state index is 12.5. The summed E-state index contributed by atoms with van der Waals surface area (Å²) in [6.45, 7) is 5.74. The molecule has 3 rings (SSSR count). The van der Waals surface area contributed by atoms with Crippen LogP contribution in [0.5, 0.6) is 23.0 Å². The molecule has 0 aliphatic carbocycles. The van der Waals surface area contributed by atoms with Crippen molar-refractivity contribution < 1.29 is 28.5 Å². The molecule has 3 aromatic carbocycles. The molecule has 0 aromatic heterocycles. The summed E-state index contributed by atoms with van der Waals surface area (Å²) < 4.78 is 21.8. The number of benzene rings is 3. The van der Waals surface area contributed by atoms with E-state index in [1.54, 1.807) is 61.7 Å². The first-order valence-corrected chi connectivity index (χ1v) is 11.3. The number of hydrogen-bond donors (Lipinski definition) is 1. The SMILES string of the molecule is C=CCc1ccccc1OCC(=O)NN=Cc1ccc(OC(=O)c2ccc(OC)cc2)c(OCC)c1. The molecular formula is C28H28N2O6. The Hall–Kier alpha value is -4.59. The summed E-state index contributed by atoms with van der Waals surface area (Å²) in [6, 6.07) is 19.0. The molecule has 8 nitrogen and oxygen atoms in total. The van der Waals surface area contributed by atoms with Crippen LogP contribution in [0.1, 0.15) is 28.4 Å². The Morgan fingerprint density at radius 1 is 0.972 bits per heavy atom. The predicted octanol–water partition coefficient (Wildman–Crippen LogP) is 4.57. The van der Waals surface area contributed by atoms with Crippen LogP contribution in [0.3, 0.4) is 0 Å². The lowest BCUT2D eigenvalue weighted by atomic mass is 10.1. The number of esters is 1. The van der Waals surface area contributed by atoms with Crippen molar-refractivity contribution in [3.63, 3.8) is 0 Å². The van der Waals surface area contributed by atoms with Crippen LogP contribution in [0.15, 0.2) is 84.5 Å². The van der Waals surface area contributed by atoms with Crippen molar-refractivity contribution in [2.45, 2.75) is 13.3 Å². The summed E-state index contributed by atoms with van der Waals surface area (Å²) in [6.07, 6.45) is 3.87. The van der Waals surface area contributed by atoms with E-state index in [0.29, 0.717) is 41.4 Å². The standard InChI is InChI=1S/C28H28N2O6/c1-4-8-21-9-6-7-10-24(21)35-19-27(31)30-29-18-20-11-16-25(26(17-20)34-5-2)36-28(32)22-12-14-23(33-3)15-13-22/h4,6-7,9-18H,1,5,8,19H2,2-3H3,(H,30,31). The average Bonchev–Trinajstić information content (AvgIpc) is 2.90. The molecule has 0 atom stereocenters. The number of nitrogens with one attached hydrogen (secondary N) is 1. The number of para-hydroxylation sites is 1. The van der Waals surface area contributed by atoms with Gasteiger partial charge in [0.05, 0.1) is 25.5 Å². The molecule has 1 amide bonds. The maximum Gasteiger partial charge on any atom is 0.343 e. The average molecular weight is 489 g/mol. The van der Waals surface area contributed by atoms with Gasteiger partial charge >= 0.3 is 5.97 Å². The van der Waals surface area contributed by atoms with Crippen LogP contribution in [-0.2, 0) is 11.2 Å². The third-order valence-corrected chi connectivity index (χ3v) is 4.89. The number of hydrogen-bond acceptors (Lipinski definition) is 7. The highest BCUT2D eigenvalue weighted by atomic mass is 16.6. The summed E-state index contributed by atoms with van der Waals surface area (Å²) in [5.41, 5.74) is 4.39. The smallest absolute Gasteiger partial charge is 0.343 e. The fourth-order valence-corrected chi connectivity index (χ4v) is 3.17. The lowest BCUT2D eigenvalue weighted by Crippen LogP contribution is -2.24. The Bertz CT molecular complexity index is 1220. The van der Waals surface area contributed by atoms with Crippen molar-refractivity contribution in [3.05, 3.63) is 96.1 Å². The molecule has 8 heteroatoms. The van der Waals surface area contributed by atoms with Gasteiger partial charge in [0.2, 0.25) is 0 Å². The van der Waals surface area contributed by atoms with Crippen LogP contribution < -0.4 is 24.4 Å². The third kappa shape index (κ3) is 7.46. The molecule has 0 aliphatic rings. The monoisotopic (exact) mass is 488 g/mol. The molecule has 0 spiro atoms. The summed E-state index contributed by atoms with van der Waals surface area (Å²) in [5, 5.41) is 3.97. The van der Waals surface area contributed by atoms with Crippen LogP contribution in [0.4, 0.5) is 0 Å². The normalized spacial score (nSPS) is 10.5. The minimum absolute atomic E-state index is 0.185. The number of hydrazone groups is 1. The first kappa shape index (κ1) is 26.0.